The smallest absolute Gasteiger partial charge is 0.393 e. The van der Waals surface area contributed by atoms with Crippen LogP contribution in [-0.2, 0) is 0 Å². The molecule has 1 aromatic carbocycles. The Morgan fingerprint density at radius 1 is 1.26 bits per heavy atom. The highest BCUT2D eigenvalue weighted by molar-refractivity contribution is 5.31. The molecule has 0 bridgehead atoms. The van der Waals surface area contributed by atoms with Crippen molar-refractivity contribution >= 4 is 0 Å². The Balaban J connectivity index is 1.76. The first-order valence-electron chi connectivity index (χ1n) is 7.62. The molecule has 0 saturated carbocycles. The lowest BCUT2D eigenvalue weighted by Gasteiger charge is -2.34. The molecule has 1 aliphatic rings. The van der Waals surface area contributed by atoms with Gasteiger partial charge in [-0.2, -0.15) is 13.2 Å². The number of nitrogens with zero attached hydrogens (tertiary/aromatic N) is 1. The van der Waals surface area contributed by atoms with Gasteiger partial charge in [-0.05, 0) is 43.7 Å². The predicted molar refractivity (Wildman–Crippen MR) is 79.7 cm³/mol. The third-order valence-corrected chi connectivity index (χ3v) is 3.94. The molecule has 1 heterocycles. The summed E-state index contributed by atoms with van der Waals surface area (Å²) in [7, 11) is 1.56. The van der Waals surface area contributed by atoms with E-state index in [1.807, 2.05) is 0 Å². The molecule has 0 radical (unpaired) electrons. The number of β-amino-alcohol motifs (C(OH)–C–C–N with tert-alkyl or cyclic N) is 1. The van der Waals surface area contributed by atoms with Crippen molar-refractivity contribution in [2.75, 3.05) is 33.4 Å². The van der Waals surface area contributed by atoms with Gasteiger partial charge in [0.1, 0.15) is 24.2 Å². The number of piperidine rings is 1. The van der Waals surface area contributed by atoms with Gasteiger partial charge in [0.2, 0.25) is 0 Å². The Labute approximate surface area is 133 Å². The van der Waals surface area contributed by atoms with Crippen LogP contribution < -0.4 is 9.47 Å². The van der Waals surface area contributed by atoms with Gasteiger partial charge in [-0.15, -0.1) is 0 Å². The largest absolute Gasteiger partial charge is 0.497 e. The van der Waals surface area contributed by atoms with Gasteiger partial charge in [-0.25, -0.2) is 0 Å². The SMILES string of the molecule is COc1ccc(OC[C@@H](O)CN2CCC[C@H](C(F)(F)F)C2)cc1. The van der Waals surface area contributed by atoms with Gasteiger partial charge in [0.05, 0.1) is 13.0 Å². The fourth-order valence-corrected chi connectivity index (χ4v) is 2.70. The Morgan fingerprint density at radius 3 is 2.52 bits per heavy atom. The second-order valence-electron chi connectivity index (χ2n) is 5.78. The fraction of sp³-hybridized carbons (Fsp3) is 0.625. The second-order valence-corrected chi connectivity index (χ2v) is 5.78. The van der Waals surface area contributed by atoms with Crippen molar-refractivity contribution in [2.24, 2.45) is 5.92 Å². The van der Waals surface area contributed by atoms with E-state index in [1.54, 1.807) is 36.3 Å². The summed E-state index contributed by atoms with van der Waals surface area (Å²) in [6, 6.07) is 6.90. The number of likely N-dealkylation sites (tertiary alicyclic amines) is 1. The number of alkyl halides is 3. The van der Waals surface area contributed by atoms with Crippen LogP contribution in [0.15, 0.2) is 24.3 Å². The van der Waals surface area contributed by atoms with E-state index in [-0.39, 0.29) is 26.1 Å². The number of benzene rings is 1. The predicted octanol–water partition coefficient (Wildman–Crippen LogP) is 2.71. The number of halogens is 3. The molecule has 1 saturated heterocycles. The Bertz CT molecular complexity index is 478. The standard InChI is InChI=1S/C16H22F3NO3/c1-22-14-4-6-15(7-5-14)23-11-13(21)10-20-8-2-3-12(9-20)16(17,18)19/h4-7,12-13,21H,2-3,8-11H2,1H3/t12-,13-/m0/s1. The normalized spacial score (nSPS) is 21.0. The number of hydrogen-bond acceptors (Lipinski definition) is 4. The lowest BCUT2D eigenvalue weighted by molar-refractivity contribution is -0.187. The first-order valence-corrected chi connectivity index (χ1v) is 7.62. The van der Waals surface area contributed by atoms with E-state index in [4.69, 9.17) is 9.47 Å². The van der Waals surface area contributed by atoms with Gasteiger partial charge in [0.25, 0.3) is 0 Å². The van der Waals surface area contributed by atoms with E-state index in [9.17, 15) is 18.3 Å². The van der Waals surface area contributed by atoms with Crippen molar-refractivity contribution in [1.29, 1.82) is 0 Å². The van der Waals surface area contributed by atoms with Gasteiger partial charge in [-0.3, -0.25) is 0 Å². The second kappa shape index (κ2) is 7.88. The monoisotopic (exact) mass is 333 g/mol. The van der Waals surface area contributed by atoms with Crippen LogP contribution in [0.3, 0.4) is 0 Å². The highest BCUT2D eigenvalue weighted by atomic mass is 19.4. The highest BCUT2D eigenvalue weighted by Gasteiger charge is 2.41. The maximum Gasteiger partial charge on any atom is 0.393 e. The van der Waals surface area contributed by atoms with Gasteiger partial charge in [0, 0.05) is 13.1 Å². The summed E-state index contributed by atoms with van der Waals surface area (Å²) >= 11 is 0. The topological polar surface area (TPSA) is 41.9 Å². The van der Waals surface area contributed by atoms with Crippen molar-refractivity contribution in [3.05, 3.63) is 24.3 Å². The minimum Gasteiger partial charge on any atom is -0.497 e. The fourth-order valence-electron chi connectivity index (χ4n) is 2.70. The summed E-state index contributed by atoms with van der Waals surface area (Å²) in [4.78, 5) is 1.66. The number of hydrogen-bond donors (Lipinski definition) is 1. The van der Waals surface area contributed by atoms with Crippen molar-refractivity contribution in [2.45, 2.75) is 25.1 Å². The average molecular weight is 333 g/mol. The van der Waals surface area contributed by atoms with Crippen LogP contribution in [0.1, 0.15) is 12.8 Å². The molecule has 1 aliphatic heterocycles. The summed E-state index contributed by atoms with van der Waals surface area (Å²) < 4.78 is 48.8. The molecule has 4 nitrogen and oxygen atoms in total. The number of aliphatic hydroxyl groups excluding tert-OH is 1. The van der Waals surface area contributed by atoms with Crippen LogP contribution in [0.5, 0.6) is 11.5 Å². The van der Waals surface area contributed by atoms with Crippen LogP contribution in [0.4, 0.5) is 13.2 Å². The molecule has 2 rings (SSSR count). The molecule has 0 unspecified atom stereocenters. The van der Waals surface area contributed by atoms with Gasteiger partial charge in [-0.1, -0.05) is 0 Å². The molecular weight excluding hydrogens is 311 g/mol. The Morgan fingerprint density at radius 2 is 1.91 bits per heavy atom. The van der Waals surface area contributed by atoms with Gasteiger partial charge < -0.3 is 19.5 Å². The van der Waals surface area contributed by atoms with Crippen molar-refractivity contribution < 1.29 is 27.8 Å². The van der Waals surface area contributed by atoms with Crippen LogP contribution in [0, 0.1) is 5.92 Å². The average Bonchev–Trinajstić information content (AvgIpc) is 2.53. The first-order chi connectivity index (χ1) is 10.9. The molecule has 23 heavy (non-hydrogen) atoms. The number of ether oxygens (including phenoxy) is 2. The number of aliphatic hydroxyl groups is 1. The zero-order chi connectivity index (χ0) is 16.9. The molecule has 1 fully saturated rings. The van der Waals surface area contributed by atoms with Crippen LogP contribution in [-0.4, -0.2) is 55.6 Å². The first kappa shape index (κ1) is 17.9. The lowest BCUT2D eigenvalue weighted by Crippen LogP contribution is -2.45. The molecule has 0 aliphatic carbocycles. The summed E-state index contributed by atoms with van der Waals surface area (Å²) in [5.41, 5.74) is 0. The third kappa shape index (κ3) is 5.58. The quantitative estimate of drug-likeness (QED) is 0.869. The van der Waals surface area contributed by atoms with Gasteiger partial charge in [0.15, 0.2) is 0 Å². The van der Waals surface area contributed by atoms with Crippen LogP contribution in [0.2, 0.25) is 0 Å². The van der Waals surface area contributed by atoms with Crippen molar-refractivity contribution in [3.63, 3.8) is 0 Å². The molecule has 0 spiro atoms. The lowest BCUT2D eigenvalue weighted by atomic mass is 9.97. The Hall–Kier alpha value is -1.47. The molecule has 7 heteroatoms. The molecule has 130 valence electrons. The molecule has 0 amide bonds. The summed E-state index contributed by atoms with van der Waals surface area (Å²) in [5, 5.41) is 9.98. The number of methoxy groups -OCH3 is 1. The van der Waals surface area contributed by atoms with E-state index >= 15 is 0 Å². The zero-order valence-corrected chi connectivity index (χ0v) is 13.1. The van der Waals surface area contributed by atoms with E-state index < -0.39 is 18.2 Å². The molecule has 0 aromatic heterocycles. The summed E-state index contributed by atoms with van der Waals surface area (Å²) in [6.07, 6.45) is -4.33. The summed E-state index contributed by atoms with van der Waals surface area (Å²) in [6.45, 7) is 0.748. The zero-order valence-electron chi connectivity index (χ0n) is 13.1. The summed E-state index contributed by atoms with van der Waals surface area (Å²) in [5.74, 6) is -0.0213. The minimum atomic E-state index is -4.16. The van der Waals surface area contributed by atoms with Crippen molar-refractivity contribution in [1.82, 2.24) is 4.90 Å². The molecule has 1 N–H and O–H groups in total. The maximum absolute atomic E-state index is 12.8. The third-order valence-electron chi connectivity index (χ3n) is 3.94. The van der Waals surface area contributed by atoms with Gasteiger partial charge >= 0.3 is 6.18 Å². The maximum atomic E-state index is 12.8. The van der Waals surface area contributed by atoms with E-state index in [2.05, 4.69) is 0 Å². The Kier molecular flexibility index (Phi) is 6.12. The van der Waals surface area contributed by atoms with Crippen LogP contribution >= 0.6 is 0 Å². The molecule has 2 atom stereocenters. The van der Waals surface area contributed by atoms with E-state index in [0.717, 1.165) is 0 Å². The number of rotatable bonds is 6. The van der Waals surface area contributed by atoms with Crippen molar-refractivity contribution in [3.8, 4) is 11.5 Å². The van der Waals surface area contributed by atoms with E-state index in [1.165, 1.54) is 0 Å². The molecular formula is C16H22F3NO3. The van der Waals surface area contributed by atoms with Crippen LogP contribution in [0.25, 0.3) is 0 Å². The minimum absolute atomic E-state index is 0.0412. The molecule has 1 aromatic rings. The van der Waals surface area contributed by atoms with E-state index in [0.29, 0.717) is 24.5 Å². The highest BCUT2D eigenvalue weighted by Crippen LogP contribution is 2.33.